The van der Waals surface area contributed by atoms with E-state index in [0.717, 1.165) is 37.1 Å². The Morgan fingerprint density at radius 2 is 1.83 bits per heavy atom. The summed E-state index contributed by atoms with van der Waals surface area (Å²) in [5, 5.41) is 10.3. The molecular formula is C20H23NO3. The molecular weight excluding hydrogens is 302 g/mol. The molecule has 4 heteroatoms. The molecule has 1 saturated heterocycles. The molecule has 1 N–H and O–H groups in total. The van der Waals surface area contributed by atoms with E-state index >= 15 is 0 Å². The number of nitrogens with zero attached hydrogens (tertiary/aromatic N) is 1. The zero-order valence-electron chi connectivity index (χ0n) is 13.9. The third-order valence-corrected chi connectivity index (χ3v) is 4.49. The number of phenolic OH excluding ortho intramolecular Hbond substituents is 1. The summed E-state index contributed by atoms with van der Waals surface area (Å²) in [4.78, 5) is 14.6. The summed E-state index contributed by atoms with van der Waals surface area (Å²) in [5.74, 6) is -0.0434. The third-order valence-electron chi connectivity index (χ3n) is 4.49. The Morgan fingerprint density at radius 3 is 2.54 bits per heavy atom. The molecule has 0 atom stereocenters. The normalized spacial score (nSPS) is 16.0. The molecule has 3 rings (SSSR count). The number of hydrogen-bond donors (Lipinski definition) is 1. The van der Waals surface area contributed by atoms with Crippen molar-refractivity contribution in [3.8, 4) is 16.9 Å². The van der Waals surface area contributed by atoms with Gasteiger partial charge in [-0.25, -0.2) is 0 Å². The van der Waals surface area contributed by atoms with Crippen LogP contribution in [0, 0.1) is 0 Å². The Balaban J connectivity index is 1.73. The standard InChI is InChI=1S/C20H23NO3/c1-21-12-10-17(11-13-21)24-19(23)14-16-8-5-9-18(22)20(16)15-6-3-2-4-7-15/h2-9,17,22H,10-14H2,1H3. The fraction of sp³-hybridized carbons (Fsp3) is 0.350. The van der Waals surface area contributed by atoms with Gasteiger partial charge in [0.15, 0.2) is 0 Å². The molecule has 0 saturated carbocycles. The average Bonchev–Trinajstić information content (AvgIpc) is 2.58. The zero-order valence-corrected chi connectivity index (χ0v) is 13.9. The van der Waals surface area contributed by atoms with Gasteiger partial charge in [0.25, 0.3) is 0 Å². The lowest BCUT2D eigenvalue weighted by Gasteiger charge is -2.28. The fourth-order valence-electron chi connectivity index (χ4n) is 3.16. The molecule has 1 heterocycles. The molecule has 2 aromatic carbocycles. The van der Waals surface area contributed by atoms with E-state index in [-0.39, 0.29) is 24.2 Å². The highest BCUT2D eigenvalue weighted by Crippen LogP contribution is 2.33. The number of hydrogen-bond acceptors (Lipinski definition) is 4. The van der Waals surface area contributed by atoms with Crippen molar-refractivity contribution in [1.29, 1.82) is 0 Å². The van der Waals surface area contributed by atoms with Crippen LogP contribution >= 0.6 is 0 Å². The monoisotopic (exact) mass is 325 g/mol. The van der Waals surface area contributed by atoms with Crippen molar-refractivity contribution in [3.63, 3.8) is 0 Å². The van der Waals surface area contributed by atoms with E-state index < -0.39 is 0 Å². The van der Waals surface area contributed by atoms with Gasteiger partial charge in [-0.15, -0.1) is 0 Å². The second-order valence-corrected chi connectivity index (χ2v) is 6.35. The second-order valence-electron chi connectivity index (χ2n) is 6.35. The summed E-state index contributed by atoms with van der Waals surface area (Å²) in [6, 6.07) is 14.9. The van der Waals surface area contributed by atoms with Crippen molar-refractivity contribution in [2.24, 2.45) is 0 Å². The number of likely N-dealkylation sites (tertiary alicyclic amines) is 1. The van der Waals surface area contributed by atoms with Crippen molar-refractivity contribution < 1.29 is 14.6 Å². The first-order chi connectivity index (χ1) is 11.6. The summed E-state index contributed by atoms with van der Waals surface area (Å²) in [6.07, 6.45) is 1.94. The van der Waals surface area contributed by atoms with Gasteiger partial charge in [0.1, 0.15) is 11.9 Å². The highest BCUT2D eigenvalue weighted by molar-refractivity contribution is 5.80. The first-order valence-electron chi connectivity index (χ1n) is 8.38. The van der Waals surface area contributed by atoms with Gasteiger partial charge in [0.2, 0.25) is 0 Å². The molecule has 1 aliphatic heterocycles. The zero-order chi connectivity index (χ0) is 16.9. The van der Waals surface area contributed by atoms with E-state index in [2.05, 4.69) is 11.9 Å². The Morgan fingerprint density at radius 1 is 1.12 bits per heavy atom. The van der Waals surface area contributed by atoms with Crippen LogP contribution in [0.15, 0.2) is 48.5 Å². The Bertz CT molecular complexity index is 691. The van der Waals surface area contributed by atoms with Gasteiger partial charge in [-0.2, -0.15) is 0 Å². The molecule has 0 bridgehead atoms. The fourth-order valence-corrected chi connectivity index (χ4v) is 3.16. The molecule has 126 valence electrons. The lowest BCUT2D eigenvalue weighted by molar-refractivity contribution is -0.150. The van der Waals surface area contributed by atoms with Crippen LogP contribution < -0.4 is 0 Å². The Hall–Kier alpha value is -2.33. The van der Waals surface area contributed by atoms with Gasteiger partial charge in [-0.05, 0) is 37.1 Å². The number of carbonyl (C=O) groups is 1. The maximum Gasteiger partial charge on any atom is 0.310 e. The quantitative estimate of drug-likeness (QED) is 0.877. The number of aromatic hydroxyl groups is 1. The SMILES string of the molecule is CN1CCC(OC(=O)Cc2cccc(O)c2-c2ccccc2)CC1. The number of ether oxygens (including phenoxy) is 1. The second kappa shape index (κ2) is 7.49. The van der Waals surface area contributed by atoms with Gasteiger partial charge >= 0.3 is 5.97 Å². The van der Waals surface area contributed by atoms with Crippen molar-refractivity contribution in [3.05, 3.63) is 54.1 Å². The predicted octanol–water partition coefficient (Wildman–Crippen LogP) is 3.24. The summed E-state index contributed by atoms with van der Waals surface area (Å²) in [6.45, 7) is 1.92. The van der Waals surface area contributed by atoms with Crippen LogP contribution in [-0.4, -0.2) is 42.2 Å². The number of benzene rings is 2. The Kier molecular flexibility index (Phi) is 5.16. The molecule has 0 aromatic heterocycles. The molecule has 4 nitrogen and oxygen atoms in total. The van der Waals surface area contributed by atoms with Gasteiger partial charge in [-0.3, -0.25) is 4.79 Å². The highest BCUT2D eigenvalue weighted by Gasteiger charge is 2.21. The minimum atomic E-state index is -0.229. The van der Waals surface area contributed by atoms with Crippen LogP contribution in [0.3, 0.4) is 0 Å². The first-order valence-corrected chi connectivity index (χ1v) is 8.38. The third kappa shape index (κ3) is 3.95. The van der Waals surface area contributed by atoms with E-state index in [1.807, 2.05) is 36.4 Å². The van der Waals surface area contributed by atoms with E-state index in [9.17, 15) is 9.90 Å². The number of esters is 1. The summed E-state index contributed by atoms with van der Waals surface area (Å²) in [7, 11) is 2.08. The molecule has 1 fully saturated rings. The van der Waals surface area contributed by atoms with E-state index in [1.165, 1.54) is 0 Å². The summed E-state index contributed by atoms with van der Waals surface area (Å²) >= 11 is 0. The molecule has 1 aliphatic rings. The lowest BCUT2D eigenvalue weighted by atomic mass is 9.96. The Labute approximate surface area is 142 Å². The van der Waals surface area contributed by atoms with Gasteiger partial charge < -0.3 is 14.7 Å². The van der Waals surface area contributed by atoms with E-state index in [4.69, 9.17) is 4.74 Å². The van der Waals surface area contributed by atoms with Crippen molar-refractivity contribution >= 4 is 5.97 Å². The minimum absolute atomic E-state index is 0.00573. The molecule has 0 radical (unpaired) electrons. The number of phenols is 1. The predicted molar refractivity (Wildman–Crippen MR) is 93.9 cm³/mol. The van der Waals surface area contributed by atoms with Crippen LogP contribution in [0.1, 0.15) is 18.4 Å². The maximum atomic E-state index is 12.3. The number of piperidine rings is 1. The van der Waals surface area contributed by atoms with Crippen LogP contribution in [0.25, 0.3) is 11.1 Å². The van der Waals surface area contributed by atoms with Gasteiger partial charge in [-0.1, -0.05) is 42.5 Å². The average molecular weight is 325 g/mol. The molecule has 24 heavy (non-hydrogen) atoms. The van der Waals surface area contributed by atoms with Gasteiger partial charge in [0.05, 0.1) is 6.42 Å². The highest BCUT2D eigenvalue weighted by atomic mass is 16.5. The number of carbonyl (C=O) groups excluding carboxylic acids is 1. The van der Waals surface area contributed by atoms with Gasteiger partial charge in [0, 0.05) is 18.7 Å². The van der Waals surface area contributed by atoms with Crippen LogP contribution in [0.2, 0.25) is 0 Å². The van der Waals surface area contributed by atoms with Crippen molar-refractivity contribution in [2.45, 2.75) is 25.4 Å². The van der Waals surface area contributed by atoms with E-state index in [0.29, 0.717) is 5.56 Å². The minimum Gasteiger partial charge on any atom is -0.507 e. The summed E-state index contributed by atoms with van der Waals surface area (Å²) < 4.78 is 5.63. The maximum absolute atomic E-state index is 12.3. The smallest absolute Gasteiger partial charge is 0.310 e. The van der Waals surface area contributed by atoms with Crippen LogP contribution in [0.5, 0.6) is 5.75 Å². The molecule has 2 aromatic rings. The molecule has 0 spiro atoms. The number of rotatable bonds is 4. The van der Waals surface area contributed by atoms with Crippen LogP contribution in [-0.2, 0) is 16.0 Å². The largest absolute Gasteiger partial charge is 0.507 e. The van der Waals surface area contributed by atoms with Crippen molar-refractivity contribution in [2.75, 3.05) is 20.1 Å². The van der Waals surface area contributed by atoms with E-state index in [1.54, 1.807) is 12.1 Å². The topological polar surface area (TPSA) is 49.8 Å². The summed E-state index contributed by atoms with van der Waals surface area (Å²) in [5.41, 5.74) is 2.40. The molecule has 0 aliphatic carbocycles. The van der Waals surface area contributed by atoms with Crippen LogP contribution in [0.4, 0.5) is 0 Å². The lowest BCUT2D eigenvalue weighted by Crippen LogP contribution is -2.35. The van der Waals surface area contributed by atoms with Crippen molar-refractivity contribution in [1.82, 2.24) is 4.90 Å². The molecule has 0 unspecified atom stereocenters. The molecule has 0 amide bonds. The first kappa shape index (κ1) is 16.5.